The van der Waals surface area contributed by atoms with Gasteiger partial charge < -0.3 is 10.5 Å². The van der Waals surface area contributed by atoms with E-state index in [2.05, 4.69) is 6.92 Å². The van der Waals surface area contributed by atoms with Gasteiger partial charge in [0.2, 0.25) is 0 Å². The Hall–Kier alpha value is 0.0700. The minimum absolute atomic E-state index is 0.241. The molecule has 19 heavy (non-hydrogen) atoms. The third-order valence-electron chi connectivity index (χ3n) is 4.75. The van der Waals surface area contributed by atoms with E-state index in [-0.39, 0.29) is 6.10 Å². The smallest absolute Gasteiger partial charge is 0.0691 e. The van der Waals surface area contributed by atoms with Crippen molar-refractivity contribution in [3.8, 4) is 0 Å². The fourth-order valence-corrected chi connectivity index (χ4v) is 5.66. The summed E-state index contributed by atoms with van der Waals surface area (Å²) in [5, 5.41) is 0.319. The van der Waals surface area contributed by atoms with Gasteiger partial charge in [0.05, 0.1) is 11.9 Å². The third kappa shape index (κ3) is 4.27. The monoisotopic (exact) mass is 287 g/mol. The molecule has 2 rings (SSSR count). The standard InChI is InChI=1S/C15H29NO2S/c1-2-4-12-6-7-13(10-16)15(9-12)19(17)11-14-5-3-8-18-14/h12-15H,2-11,16H2,1H3. The Morgan fingerprint density at radius 3 is 2.79 bits per heavy atom. The average molecular weight is 287 g/mol. The molecule has 1 saturated carbocycles. The number of hydrogen-bond acceptors (Lipinski definition) is 3. The Labute approximate surface area is 120 Å². The van der Waals surface area contributed by atoms with Crippen molar-refractivity contribution in [2.75, 3.05) is 18.9 Å². The van der Waals surface area contributed by atoms with Gasteiger partial charge in [-0.1, -0.05) is 26.2 Å². The molecule has 2 aliphatic rings. The largest absolute Gasteiger partial charge is 0.377 e. The van der Waals surface area contributed by atoms with E-state index in [1.165, 1.54) is 25.7 Å². The third-order valence-corrected chi connectivity index (χ3v) is 6.70. The SMILES string of the molecule is CCCC1CCC(CN)C(S(=O)CC2CCCO2)C1. The summed E-state index contributed by atoms with van der Waals surface area (Å²) in [6.45, 7) is 3.79. The molecular formula is C15H29NO2S. The van der Waals surface area contributed by atoms with Crippen molar-refractivity contribution in [2.45, 2.75) is 63.2 Å². The van der Waals surface area contributed by atoms with E-state index in [4.69, 9.17) is 10.5 Å². The highest BCUT2D eigenvalue weighted by Crippen LogP contribution is 2.34. The van der Waals surface area contributed by atoms with Crippen molar-refractivity contribution in [1.29, 1.82) is 0 Å². The van der Waals surface area contributed by atoms with Gasteiger partial charge in [-0.05, 0) is 44.1 Å². The van der Waals surface area contributed by atoms with E-state index in [1.54, 1.807) is 0 Å². The molecule has 0 amide bonds. The Morgan fingerprint density at radius 2 is 2.16 bits per heavy atom. The highest BCUT2D eigenvalue weighted by molar-refractivity contribution is 7.85. The number of nitrogens with two attached hydrogens (primary N) is 1. The normalized spacial score (nSPS) is 37.4. The summed E-state index contributed by atoms with van der Waals surface area (Å²) < 4.78 is 18.3. The molecule has 0 aromatic heterocycles. The molecule has 1 aliphatic carbocycles. The van der Waals surface area contributed by atoms with E-state index in [1.807, 2.05) is 0 Å². The second kappa shape index (κ2) is 7.75. The van der Waals surface area contributed by atoms with Crippen LogP contribution in [0.4, 0.5) is 0 Å². The lowest BCUT2D eigenvalue weighted by Gasteiger charge is -2.35. The minimum Gasteiger partial charge on any atom is -0.377 e. The summed E-state index contributed by atoms with van der Waals surface area (Å²) in [5.74, 6) is 1.97. The number of rotatable bonds is 6. The van der Waals surface area contributed by atoms with Gasteiger partial charge in [0.1, 0.15) is 0 Å². The van der Waals surface area contributed by atoms with Crippen LogP contribution in [0.2, 0.25) is 0 Å². The maximum atomic E-state index is 12.6. The summed E-state index contributed by atoms with van der Waals surface area (Å²) in [5.41, 5.74) is 5.89. The van der Waals surface area contributed by atoms with E-state index in [9.17, 15) is 4.21 Å². The average Bonchev–Trinajstić information content (AvgIpc) is 2.92. The van der Waals surface area contributed by atoms with Crippen LogP contribution in [-0.2, 0) is 15.5 Å². The van der Waals surface area contributed by atoms with E-state index in [0.717, 1.165) is 37.5 Å². The molecule has 1 heterocycles. The zero-order valence-corrected chi connectivity index (χ0v) is 13.0. The lowest BCUT2D eigenvalue weighted by atomic mass is 9.80. The van der Waals surface area contributed by atoms with Gasteiger partial charge in [-0.25, -0.2) is 0 Å². The van der Waals surface area contributed by atoms with Crippen molar-refractivity contribution in [3.05, 3.63) is 0 Å². The zero-order chi connectivity index (χ0) is 13.7. The molecule has 5 atom stereocenters. The summed E-state index contributed by atoms with van der Waals surface area (Å²) >= 11 is 0. The Balaban J connectivity index is 1.90. The first-order chi connectivity index (χ1) is 9.24. The predicted molar refractivity (Wildman–Crippen MR) is 80.6 cm³/mol. The van der Waals surface area contributed by atoms with Crippen molar-refractivity contribution >= 4 is 10.8 Å². The fourth-order valence-electron chi connectivity index (χ4n) is 3.62. The molecule has 3 nitrogen and oxygen atoms in total. The van der Waals surface area contributed by atoms with Crippen LogP contribution in [0.3, 0.4) is 0 Å². The molecule has 0 radical (unpaired) electrons. The second-order valence-corrected chi connectivity index (χ2v) is 7.88. The summed E-state index contributed by atoms with van der Waals surface area (Å²) in [4.78, 5) is 0. The van der Waals surface area contributed by atoms with E-state index in [0.29, 0.717) is 17.7 Å². The maximum Gasteiger partial charge on any atom is 0.0691 e. The van der Waals surface area contributed by atoms with Crippen molar-refractivity contribution in [1.82, 2.24) is 0 Å². The van der Waals surface area contributed by atoms with Crippen LogP contribution >= 0.6 is 0 Å². The molecule has 1 aliphatic heterocycles. The maximum absolute atomic E-state index is 12.6. The first kappa shape index (κ1) is 15.5. The Bertz CT molecular complexity index is 292. The summed E-state index contributed by atoms with van der Waals surface area (Å²) in [6, 6.07) is 0. The number of hydrogen-bond donors (Lipinski definition) is 1. The van der Waals surface area contributed by atoms with E-state index >= 15 is 0 Å². The van der Waals surface area contributed by atoms with Crippen LogP contribution in [0, 0.1) is 11.8 Å². The zero-order valence-electron chi connectivity index (χ0n) is 12.2. The summed E-state index contributed by atoms with van der Waals surface area (Å²) in [6.07, 6.45) is 8.55. The highest BCUT2D eigenvalue weighted by Gasteiger charge is 2.34. The Kier molecular flexibility index (Phi) is 6.30. The van der Waals surface area contributed by atoms with Crippen molar-refractivity contribution in [3.63, 3.8) is 0 Å². The quantitative estimate of drug-likeness (QED) is 0.816. The first-order valence-corrected chi connectivity index (χ1v) is 9.31. The van der Waals surface area contributed by atoms with Gasteiger partial charge >= 0.3 is 0 Å². The predicted octanol–water partition coefficient (Wildman–Crippen LogP) is 2.46. The first-order valence-electron chi connectivity index (χ1n) is 7.93. The second-order valence-electron chi connectivity index (χ2n) is 6.18. The van der Waals surface area contributed by atoms with Crippen LogP contribution in [0.15, 0.2) is 0 Å². The van der Waals surface area contributed by atoms with E-state index < -0.39 is 10.8 Å². The van der Waals surface area contributed by atoms with Crippen LogP contribution in [0.5, 0.6) is 0 Å². The molecule has 0 aromatic rings. The van der Waals surface area contributed by atoms with Crippen molar-refractivity contribution in [2.24, 2.45) is 17.6 Å². The van der Waals surface area contributed by atoms with Crippen LogP contribution in [-0.4, -0.2) is 34.5 Å². The minimum atomic E-state index is -0.756. The lowest BCUT2D eigenvalue weighted by molar-refractivity contribution is 0.127. The molecular weight excluding hydrogens is 258 g/mol. The fraction of sp³-hybridized carbons (Fsp3) is 1.00. The van der Waals surface area contributed by atoms with Crippen LogP contribution in [0.1, 0.15) is 51.9 Å². The molecule has 1 saturated heterocycles. The molecule has 2 N–H and O–H groups in total. The topological polar surface area (TPSA) is 52.3 Å². The van der Waals surface area contributed by atoms with Crippen molar-refractivity contribution < 1.29 is 8.95 Å². The van der Waals surface area contributed by atoms with Gasteiger partial charge in [-0.2, -0.15) is 0 Å². The van der Waals surface area contributed by atoms with Gasteiger partial charge in [0.25, 0.3) is 0 Å². The van der Waals surface area contributed by atoms with Gasteiger partial charge in [0.15, 0.2) is 0 Å². The van der Waals surface area contributed by atoms with Crippen LogP contribution in [0.25, 0.3) is 0 Å². The lowest BCUT2D eigenvalue weighted by Crippen LogP contribution is -2.39. The highest BCUT2D eigenvalue weighted by atomic mass is 32.2. The summed E-state index contributed by atoms with van der Waals surface area (Å²) in [7, 11) is -0.756. The molecule has 0 bridgehead atoms. The molecule has 4 heteroatoms. The Morgan fingerprint density at radius 1 is 1.32 bits per heavy atom. The molecule has 2 fully saturated rings. The molecule has 0 spiro atoms. The van der Waals surface area contributed by atoms with Gasteiger partial charge in [-0.3, -0.25) is 4.21 Å². The number of ether oxygens (including phenoxy) is 1. The van der Waals surface area contributed by atoms with Gasteiger partial charge in [-0.15, -0.1) is 0 Å². The molecule has 5 unspecified atom stereocenters. The molecule has 0 aromatic carbocycles. The van der Waals surface area contributed by atoms with Gasteiger partial charge in [0, 0.05) is 22.7 Å². The molecule has 112 valence electrons. The van der Waals surface area contributed by atoms with Crippen LogP contribution < -0.4 is 5.73 Å².